The molecule has 0 fully saturated rings. The molecule has 0 amide bonds. The standard InChI is InChI=1S/C82H92N2O10/c1-13-81(11,76(87)93-55-62-29-36-65(37-30-62)73-83-84-74(94-73)66-42-40-64(41-43-66)63-25-19-15-20-26-63)57-82(12,77(88)92-52-51-90-72(85)48-35-59-23-17-14-18-24-59)56-80(9,10)75(86)91-50-22-16-21-49-89-71-54-67(38-27-60-31-44-69(45-32-60)78(3,4)5)58(2)53-68(71)39-28-61-33-46-70(47-34-61)79(6,7)8/h14-15,17-20,23-48,53-54H,13,16,21-22,49-52,55-57H2,1-12H3/b38-27+,39-28+,48-35+. The second kappa shape index (κ2) is 31.9. The van der Waals surface area contributed by atoms with Crippen molar-refractivity contribution in [3.05, 3.63) is 226 Å². The van der Waals surface area contributed by atoms with Crippen molar-refractivity contribution in [1.82, 2.24) is 10.2 Å². The summed E-state index contributed by atoms with van der Waals surface area (Å²) in [5.41, 5.74) is 9.47. The van der Waals surface area contributed by atoms with Crippen LogP contribution in [0.15, 0.2) is 180 Å². The maximum atomic E-state index is 14.5. The highest BCUT2D eigenvalue weighted by molar-refractivity contribution is 5.87. The van der Waals surface area contributed by atoms with Crippen LogP contribution in [0.1, 0.15) is 165 Å². The number of hydrogen-bond acceptors (Lipinski definition) is 12. The number of rotatable bonds is 29. The Morgan fingerprint density at radius 1 is 0.447 bits per heavy atom. The summed E-state index contributed by atoms with van der Waals surface area (Å²) < 4.78 is 35.8. The SMILES string of the molecule is CCC(C)(CC(C)(CC(C)(C)C(=O)OCCCCCOc1cc(/C=C/c2ccc(C(C)(C)C)cc2)c(C)cc1/C=C/c1ccc(C(C)(C)C)cc1)C(=O)OCCOC(=O)/C=C/c1ccccc1)C(=O)OCc1ccc(-c2nnc(-c3ccc(-c4ccccc4)cc3)o2)cc1. The van der Waals surface area contributed by atoms with E-state index in [0.717, 1.165) is 67.8 Å². The highest BCUT2D eigenvalue weighted by atomic mass is 16.6. The zero-order chi connectivity index (χ0) is 67.5. The topological polar surface area (TPSA) is 153 Å². The van der Waals surface area contributed by atoms with Crippen LogP contribution in [0.25, 0.3) is 64.4 Å². The molecule has 7 aromatic carbocycles. The first-order valence-corrected chi connectivity index (χ1v) is 32.7. The number of hydrogen-bond donors (Lipinski definition) is 0. The monoisotopic (exact) mass is 1260 g/mol. The van der Waals surface area contributed by atoms with Crippen LogP contribution in [0.2, 0.25) is 0 Å². The lowest BCUT2D eigenvalue weighted by atomic mass is 9.65. The fourth-order valence-corrected chi connectivity index (χ4v) is 11.3. The summed E-state index contributed by atoms with van der Waals surface area (Å²) in [7, 11) is 0. The van der Waals surface area contributed by atoms with E-state index in [2.05, 4.69) is 156 Å². The minimum atomic E-state index is -1.41. The summed E-state index contributed by atoms with van der Waals surface area (Å²) in [5, 5.41) is 8.59. The Morgan fingerprint density at radius 3 is 1.51 bits per heavy atom. The third-order valence-electron chi connectivity index (χ3n) is 17.1. The molecule has 0 aliphatic carbocycles. The lowest BCUT2D eigenvalue weighted by molar-refractivity contribution is -0.171. The molecule has 0 saturated carbocycles. The van der Waals surface area contributed by atoms with Crippen LogP contribution < -0.4 is 4.74 Å². The first-order chi connectivity index (χ1) is 44.8. The largest absolute Gasteiger partial charge is 0.493 e. The van der Waals surface area contributed by atoms with E-state index in [-0.39, 0.29) is 50.1 Å². The maximum absolute atomic E-state index is 14.5. The third-order valence-corrected chi connectivity index (χ3v) is 17.1. The molecule has 0 radical (unpaired) electrons. The van der Waals surface area contributed by atoms with E-state index in [9.17, 15) is 19.2 Å². The van der Waals surface area contributed by atoms with Gasteiger partial charge in [-0.2, -0.15) is 0 Å². The average molecular weight is 1270 g/mol. The number of carbonyl (C=O) groups excluding carboxylic acids is 4. The number of aryl methyl sites for hydroxylation is 1. The van der Waals surface area contributed by atoms with E-state index >= 15 is 0 Å². The quantitative estimate of drug-likeness (QED) is 0.0144. The van der Waals surface area contributed by atoms with Gasteiger partial charge in [0.05, 0.1) is 29.5 Å². The van der Waals surface area contributed by atoms with Gasteiger partial charge in [-0.1, -0.05) is 206 Å². The number of carbonyl (C=O) groups is 4. The van der Waals surface area contributed by atoms with Crippen molar-refractivity contribution in [2.24, 2.45) is 16.2 Å². The highest BCUT2D eigenvalue weighted by Gasteiger charge is 2.50. The first kappa shape index (κ1) is 70.4. The Morgan fingerprint density at radius 2 is 0.936 bits per heavy atom. The van der Waals surface area contributed by atoms with Gasteiger partial charge in [-0.15, -0.1) is 10.2 Å². The fraction of sp³-hybridized carbons (Fsp3) is 0.341. The molecular weight excluding hydrogens is 1170 g/mol. The van der Waals surface area contributed by atoms with Gasteiger partial charge in [0.15, 0.2) is 0 Å². The Balaban J connectivity index is 0.883. The van der Waals surface area contributed by atoms with E-state index in [1.807, 2.05) is 104 Å². The Kier molecular flexibility index (Phi) is 23.9. The van der Waals surface area contributed by atoms with Gasteiger partial charge in [0.2, 0.25) is 11.8 Å². The molecule has 12 heteroatoms. The minimum absolute atomic E-state index is 0.0237. The summed E-state index contributed by atoms with van der Waals surface area (Å²) in [4.78, 5) is 55.6. The number of aromatic nitrogens is 2. The number of nitrogens with zero attached hydrogens (tertiary/aromatic N) is 2. The molecule has 0 N–H and O–H groups in total. The van der Waals surface area contributed by atoms with Crippen LogP contribution in [-0.4, -0.2) is 60.5 Å². The third kappa shape index (κ3) is 20.0. The van der Waals surface area contributed by atoms with Crippen LogP contribution in [0.5, 0.6) is 5.75 Å². The lowest BCUT2D eigenvalue weighted by Gasteiger charge is -2.39. The predicted octanol–water partition coefficient (Wildman–Crippen LogP) is 19.2. The Labute approximate surface area is 556 Å². The van der Waals surface area contributed by atoms with E-state index in [1.54, 1.807) is 33.8 Å². The van der Waals surface area contributed by atoms with Crippen molar-refractivity contribution >= 4 is 54.3 Å². The number of ether oxygens (including phenoxy) is 5. The van der Waals surface area contributed by atoms with Crippen molar-refractivity contribution in [1.29, 1.82) is 0 Å². The average Bonchev–Trinajstić information content (AvgIpc) is 0.920. The number of unbranched alkanes of at least 4 members (excludes halogenated alkanes) is 2. The number of esters is 4. The zero-order valence-electron chi connectivity index (χ0n) is 56.9. The second-order valence-electron chi connectivity index (χ2n) is 27.6. The molecule has 0 aliphatic heterocycles. The van der Waals surface area contributed by atoms with Gasteiger partial charge in [-0.3, -0.25) is 14.4 Å². The number of benzene rings is 7. The molecule has 0 bridgehead atoms. The molecule has 1 heterocycles. The normalized spacial score (nSPS) is 13.4. The van der Waals surface area contributed by atoms with Crippen molar-refractivity contribution in [3.8, 4) is 39.8 Å². The fourth-order valence-electron chi connectivity index (χ4n) is 11.3. The van der Waals surface area contributed by atoms with Crippen molar-refractivity contribution in [2.45, 2.75) is 139 Å². The van der Waals surface area contributed by atoms with E-state index < -0.39 is 40.1 Å². The summed E-state index contributed by atoms with van der Waals surface area (Å²) in [6, 6.07) is 56.3. The predicted molar refractivity (Wildman–Crippen MR) is 377 cm³/mol. The van der Waals surface area contributed by atoms with Gasteiger partial charge in [-0.05, 0) is 182 Å². The van der Waals surface area contributed by atoms with E-state index in [0.29, 0.717) is 43.2 Å². The van der Waals surface area contributed by atoms with Crippen molar-refractivity contribution in [2.75, 3.05) is 26.4 Å². The van der Waals surface area contributed by atoms with Crippen LogP contribution >= 0.6 is 0 Å². The van der Waals surface area contributed by atoms with Crippen molar-refractivity contribution < 1.29 is 47.3 Å². The molecule has 1 aromatic heterocycles. The minimum Gasteiger partial charge on any atom is -0.493 e. The molecule has 94 heavy (non-hydrogen) atoms. The van der Waals surface area contributed by atoms with E-state index in [4.69, 9.17) is 28.1 Å². The van der Waals surface area contributed by atoms with Crippen LogP contribution in [0.3, 0.4) is 0 Å². The van der Waals surface area contributed by atoms with Gasteiger partial charge in [0.25, 0.3) is 0 Å². The molecule has 8 aromatic rings. The van der Waals surface area contributed by atoms with Gasteiger partial charge >= 0.3 is 23.9 Å². The molecule has 12 nitrogen and oxygen atoms in total. The second-order valence-corrected chi connectivity index (χ2v) is 27.6. The summed E-state index contributed by atoms with van der Waals surface area (Å²) in [6.45, 7) is 24.3. The van der Waals surface area contributed by atoms with Crippen LogP contribution in [0.4, 0.5) is 0 Å². The molecule has 0 saturated heterocycles. The Hall–Kier alpha value is -9.42. The van der Waals surface area contributed by atoms with Gasteiger partial charge in [0, 0.05) is 22.8 Å². The van der Waals surface area contributed by atoms with Crippen LogP contribution in [0, 0.1) is 23.2 Å². The molecule has 490 valence electrons. The maximum Gasteiger partial charge on any atom is 0.330 e. The molecule has 2 atom stereocenters. The van der Waals surface area contributed by atoms with E-state index in [1.165, 1.54) is 17.2 Å². The summed E-state index contributed by atoms with van der Waals surface area (Å²) in [5.74, 6) is -0.758. The molecule has 8 rings (SSSR count). The van der Waals surface area contributed by atoms with Crippen molar-refractivity contribution in [3.63, 3.8) is 0 Å². The first-order valence-electron chi connectivity index (χ1n) is 32.7. The molecule has 0 spiro atoms. The molecule has 0 aliphatic rings. The summed E-state index contributed by atoms with van der Waals surface area (Å²) >= 11 is 0. The lowest BCUT2D eigenvalue weighted by Crippen LogP contribution is -2.44. The molecule has 2 unspecified atom stereocenters. The van der Waals surface area contributed by atoms with Crippen LogP contribution in [-0.2, 0) is 55.6 Å². The summed E-state index contributed by atoms with van der Waals surface area (Å²) in [6.07, 6.45) is 13.7. The van der Waals surface area contributed by atoms with Gasteiger partial charge < -0.3 is 28.1 Å². The zero-order valence-corrected chi connectivity index (χ0v) is 56.9. The van der Waals surface area contributed by atoms with Gasteiger partial charge in [0.1, 0.15) is 25.6 Å². The van der Waals surface area contributed by atoms with Gasteiger partial charge in [-0.25, -0.2) is 4.79 Å². The highest BCUT2D eigenvalue weighted by Crippen LogP contribution is 2.46. The Bertz CT molecular complexity index is 3890. The smallest absolute Gasteiger partial charge is 0.330 e. The molecular formula is C82H92N2O10.